The molecule has 0 aromatic heterocycles. The Balaban J connectivity index is 1.82. The van der Waals surface area contributed by atoms with Crippen LogP contribution in [0.3, 0.4) is 0 Å². The summed E-state index contributed by atoms with van der Waals surface area (Å²) >= 11 is 0. The van der Waals surface area contributed by atoms with Gasteiger partial charge >= 0.3 is 11.9 Å². The van der Waals surface area contributed by atoms with Crippen molar-refractivity contribution in [3.05, 3.63) is 60.2 Å². The Kier molecular flexibility index (Phi) is 4.88. The lowest BCUT2D eigenvalue weighted by atomic mass is 9.97. The number of esters is 2. The zero-order valence-corrected chi connectivity index (χ0v) is 14.1. The van der Waals surface area contributed by atoms with E-state index in [2.05, 4.69) is 5.32 Å². The molecule has 0 aliphatic carbocycles. The minimum Gasteiger partial charge on any atom is -0.497 e. The van der Waals surface area contributed by atoms with E-state index >= 15 is 0 Å². The molecule has 3 rings (SSSR count). The van der Waals surface area contributed by atoms with Gasteiger partial charge in [0.15, 0.2) is 0 Å². The highest BCUT2D eigenvalue weighted by atomic mass is 16.6. The number of rotatable bonds is 5. The van der Waals surface area contributed by atoms with Gasteiger partial charge in [-0.2, -0.15) is 0 Å². The van der Waals surface area contributed by atoms with Crippen LogP contribution in [-0.2, 0) is 14.3 Å². The summed E-state index contributed by atoms with van der Waals surface area (Å²) in [4.78, 5) is 37.4. The number of methoxy groups -OCH3 is 1. The molecular weight excluding hydrogens is 338 g/mol. The van der Waals surface area contributed by atoms with Gasteiger partial charge in [-0.3, -0.25) is 4.79 Å². The molecule has 0 bridgehead atoms. The fraction of sp³-hybridized carbons (Fsp3) is 0.211. The van der Waals surface area contributed by atoms with Crippen molar-refractivity contribution >= 4 is 17.8 Å². The Morgan fingerprint density at radius 2 is 1.73 bits per heavy atom. The molecule has 134 valence electrons. The standard InChI is InChI=1S/C19H17NO6/c1-24-14-9-7-13(8-10-14)16(21)20-19(11-12-25-17(19)22)18(23)26-15-5-3-2-4-6-15/h2-10H,11-12H2,1H3,(H,20,21)/t19-/m0/s1. The van der Waals surface area contributed by atoms with Crippen LogP contribution in [0.25, 0.3) is 0 Å². The molecule has 1 heterocycles. The Morgan fingerprint density at radius 1 is 1.04 bits per heavy atom. The van der Waals surface area contributed by atoms with Gasteiger partial charge in [0, 0.05) is 12.0 Å². The molecule has 1 aliphatic rings. The lowest BCUT2D eigenvalue weighted by Gasteiger charge is -2.24. The number of cyclic esters (lactones) is 1. The minimum absolute atomic E-state index is 0.000600. The third-order valence-corrected chi connectivity index (χ3v) is 4.04. The monoisotopic (exact) mass is 355 g/mol. The first-order chi connectivity index (χ1) is 12.5. The highest BCUT2D eigenvalue weighted by Crippen LogP contribution is 2.25. The summed E-state index contributed by atoms with van der Waals surface area (Å²) in [6.07, 6.45) is -0.000600. The van der Waals surface area contributed by atoms with Crippen molar-refractivity contribution in [2.24, 2.45) is 0 Å². The molecule has 1 aliphatic heterocycles. The van der Waals surface area contributed by atoms with Crippen molar-refractivity contribution in [3.63, 3.8) is 0 Å². The van der Waals surface area contributed by atoms with Crippen LogP contribution in [0.4, 0.5) is 0 Å². The van der Waals surface area contributed by atoms with E-state index < -0.39 is 23.4 Å². The highest BCUT2D eigenvalue weighted by Gasteiger charge is 2.54. The number of nitrogens with one attached hydrogen (secondary N) is 1. The van der Waals surface area contributed by atoms with Crippen molar-refractivity contribution in [3.8, 4) is 11.5 Å². The largest absolute Gasteiger partial charge is 0.497 e. The van der Waals surface area contributed by atoms with Crippen LogP contribution >= 0.6 is 0 Å². The number of hydrogen-bond acceptors (Lipinski definition) is 6. The van der Waals surface area contributed by atoms with Crippen molar-refractivity contribution in [2.45, 2.75) is 12.0 Å². The first-order valence-electron chi connectivity index (χ1n) is 7.96. The lowest BCUT2D eigenvalue weighted by molar-refractivity contribution is -0.153. The van der Waals surface area contributed by atoms with E-state index in [1.54, 1.807) is 42.5 Å². The van der Waals surface area contributed by atoms with E-state index in [9.17, 15) is 14.4 Å². The fourth-order valence-corrected chi connectivity index (χ4v) is 2.56. The Morgan fingerprint density at radius 3 is 2.31 bits per heavy atom. The van der Waals surface area contributed by atoms with Gasteiger partial charge in [0.25, 0.3) is 5.91 Å². The molecule has 26 heavy (non-hydrogen) atoms. The first kappa shape index (κ1) is 17.5. The molecule has 0 unspecified atom stereocenters. The predicted molar refractivity (Wildman–Crippen MR) is 90.8 cm³/mol. The number of para-hydroxylation sites is 1. The molecule has 1 amide bonds. The van der Waals surface area contributed by atoms with Crippen LogP contribution in [0, 0.1) is 0 Å². The molecule has 7 heteroatoms. The van der Waals surface area contributed by atoms with Gasteiger partial charge in [-0.05, 0) is 36.4 Å². The van der Waals surface area contributed by atoms with Crippen LogP contribution in [-0.4, -0.2) is 37.1 Å². The number of amides is 1. The van der Waals surface area contributed by atoms with Crippen molar-refractivity contribution in [1.29, 1.82) is 0 Å². The summed E-state index contributed by atoms with van der Waals surface area (Å²) in [7, 11) is 1.51. The Bertz CT molecular complexity index is 818. The van der Waals surface area contributed by atoms with E-state index in [4.69, 9.17) is 14.2 Å². The number of hydrogen-bond donors (Lipinski definition) is 1. The predicted octanol–water partition coefficient (Wildman–Crippen LogP) is 1.72. The summed E-state index contributed by atoms with van der Waals surface area (Å²) in [5.74, 6) is -1.44. The lowest BCUT2D eigenvalue weighted by Crippen LogP contribution is -2.59. The maximum absolute atomic E-state index is 12.7. The SMILES string of the molecule is COc1ccc(C(=O)N[C@@]2(C(=O)Oc3ccccc3)CCOC2=O)cc1. The third kappa shape index (κ3) is 3.37. The zero-order valence-electron chi connectivity index (χ0n) is 14.1. The van der Waals surface area contributed by atoms with E-state index in [-0.39, 0.29) is 24.3 Å². The molecule has 0 radical (unpaired) electrons. The highest BCUT2D eigenvalue weighted by molar-refractivity contribution is 6.11. The quantitative estimate of drug-likeness (QED) is 0.499. The Hall–Kier alpha value is -3.35. The number of ether oxygens (including phenoxy) is 3. The smallest absolute Gasteiger partial charge is 0.349 e. The second kappa shape index (κ2) is 7.26. The summed E-state index contributed by atoms with van der Waals surface area (Å²) in [6, 6.07) is 14.6. The van der Waals surface area contributed by atoms with Gasteiger partial charge in [-0.25, -0.2) is 9.59 Å². The van der Waals surface area contributed by atoms with Gasteiger partial charge in [-0.15, -0.1) is 0 Å². The Labute approximate surface area is 149 Å². The third-order valence-electron chi connectivity index (χ3n) is 4.04. The molecule has 1 fully saturated rings. The fourth-order valence-electron chi connectivity index (χ4n) is 2.56. The van der Waals surface area contributed by atoms with Crippen LogP contribution in [0.15, 0.2) is 54.6 Å². The van der Waals surface area contributed by atoms with Gasteiger partial charge in [0.2, 0.25) is 5.54 Å². The average molecular weight is 355 g/mol. The van der Waals surface area contributed by atoms with Gasteiger partial charge in [0.05, 0.1) is 13.7 Å². The van der Waals surface area contributed by atoms with Crippen LogP contribution < -0.4 is 14.8 Å². The summed E-state index contributed by atoms with van der Waals surface area (Å²) in [5, 5.41) is 2.49. The van der Waals surface area contributed by atoms with Gasteiger partial charge in [-0.1, -0.05) is 18.2 Å². The van der Waals surface area contributed by atoms with Crippen molar-refractivity contribution < 1.29 is 28.6 Å². The van der Waals surface area contributed by atoms with Crippen LogP contribution in [0.5, 0.6) is 11.5 Å². The second-order valence-corrected chi connectivity index (χ2v) is 5.68. The molecule has 2 aromatic rings. The van der Waals surface area contributed by atoms with Crippen LogP contribution in [0.2, 0.25) is 0 Å². The second-order valence-electron chi connectivity index (χ2n) is 5.68. The maximum Gasteiger partial charge on any atom is 0.349 e. The minimum atomic E-state index is -1.87. The van der Waals surface area contributed by atoms with E-state index in [0.717, 1.165) is 0 Å². The molecule has 1 atom stereocenters. The summed E-state index contributed by atoms with van der Waals surface area (Å²) in [6.45, 7) is 0.0195. The van der Waals surface area contributed by atoms with Crippen molar-refractivity contribution in [2.75, 3.05) is 13.7 Å². The molecule has 2 aromatic carbocycles. The molecule has 1 saturated heterocycles. The van der Waals surface area contributed by atoms with E-state index in [0.29, 0.717) is 5.75 Å². The molecule has 0 spiro atoms. The topological polar surface area (TPSA) is 90.9 Å². The molecular formula is C19H17NO6. The first-order valence-corrected chi connectivity index (χ1v) is 7.96. The number of carbonyl (C=O) groups is 3. The zero-order chi connectivity index (χ0) is 18.6. The van der Waals surface area contributed by atoms with E-state index in [1.807, 2.05) is 0 Å². The van der Waals surface area contributed by atoms with Gasteiger partial charge in [0.1, 0.15) is 11.5 Å². The molecule has 1 N–H and O–H groups in total. The number of carbonyl (C=O) groups excluding carboxylic acids is 3. The molecule has 0 saturated carbocycles. The van der Waals surface area contributed by atoms with E-state index in [1.165, 1.54) is 19.2 Å². The summed E-state index contributed by atoms with van der Waals surface area (Å²) in [5.41, 5.74) is -1.59. The van der Waals surface area contributed by atoms with Crippen LogP contribution in [0.1, 0.15) is 16.8 Å². The normalized spacial score (nSPS) is 18.7. The average Bonchev–Trinajstić information content (AvgIpc) is 3.04. The van der Waals surface area contributed by atoms with Crippen molar-refractivity contribution in [1.82, 2.24) is 5.32 Å². The number of benzene rings is 2. The maximum atomic E-state index is 12.7. The molecule has 7 nitrogen and oxygen atoms in total. The van der Waals surface area contributed by atoms with Gasteiger partial charge < -0.3 is 19.5 Å². The summed E-state index contributed by atoms with van der Waals surface area (Å²) < 4.78 is 15.2.